The number of benzene rings is 9. The quantitative estimate of drug-likeness (QED) is 0.0154. The van der Waals surface area contributed by atoms with E-state index < -0.39 is 0 Å². The van der Waals surface area contributed by atoms with Gasteiger partial charge in [-0.15, -0.1) is 154 Å². The van der Waals surface area contributed by atoms with E-state index in [-0.39, 0.29) is 126 Å². The fourth-order valence-corrected chi connectivity index (χ4v) is 19.5. The average Bonchev–Trinajstić information content (AvgIpc) is 1.56. The molecule has 2 aliphatic rings. The zero-order valence-corrected chi connectivity index (χ0v) is 96.6. The number of aliphatic hydroxyl groups excluding tert-OH is 3. The number of allylic oxidation sites excluding steroid dienone is 6. The zero-order valence-electron chi connectivity index (χ0n) is 86.2. The molecule has 0 spiro atoms. The minimum absolute atomic E-state index is 0. The van der Waals surface area contributed by atoms with E-state index in [4.69, 9.17) is 20.3 Å². The van der Waals surface area contributed by atoms with Crippen LogP contribution in [0, 0.1) is 42.2 Å². The van der Waals surface area contributed by atoms with Gasteiger partial charge in [0.05, 0.1) is 17.3 Å². The molecule has 2 aliphatic carbocycles. The number of nitrogens with zero attached hydrogens (tertiary/aromatic N) is 5. The van der Waals surface area contributed by atoms with Crippen LogP contribution >= 0.6 is 11.3 Å². The van der Waals surface area contributed by atoms with Crippen molar-refractivity contribution in [2.75, 3.05) is 0 Å². The predicted octanol–water partition coefficient (Wildman–Crippen LogP) is 34.7. The topological polar surface area (TPSA) is 176 Å². The smallest absolute Gasteiger partial charge is 0.155 e. The number of carbonyl (C=O) groups excluding carboxylic acids is 3. The van der Waals surface area contributed by atoms with E-state index in [0.29, 0.717) is 11.8 Å². The van der Waals surface area contributed by atoms with Crippen molar-refractivity contribution in [2.24, 2.45) is 11.8 Å². The van der Waals surface area contributed by atoms with Crippen LogP contribution in [0.1, 0.15) is 259 Å². The van der Waals surface area contributed by atoms with E-state index in [1.165, 1.54) is 265 Å². The molecule has 11 nitrogen and oxygen atoms in total. The number of aromatic nitrogens is 5. The molecule has 6 heterocycles. The monoisotopic (exact) mass is 2650 g/mol. The first-order valence-corrected chi connectivity index (χ1v) is 51.2. The number of thiophene rings is 1. The van der Waals surface area contributed by atoms with Crippen molar-refractivity contribution in [3.8, 4) is 89.0 Å². The van der Waals surface area contributed by atoms with Gasteiger partial charge in [-0.3, -0.25) is 14.4 Å². The minimum Gasteiger partial charge on any atom is -0.512 e. The fourth-order valence-electron chi connectivity index (χ4n) is 18.5. The van der Waals surface area contributed by atoms with Crippen LogP contribution in [-0.4, -0.2) is 57.6 Å². The molecule has 17 rings (SSSR count). The number of fused-ring (bicyclic) bond motifs is 8. The zero-order chi connectivity index (χ0) is 100. The van der Waals surface area contributed by atoms with Gasteiger partial charge in [-0.05, 0) is 182 Å². The molecule has 4 radical (unpaired) electrons. The largest absolute Gasteiger partial charge is 0.512 e. The van der Waals surface area contributed by atoms with E-state index in [2.05, 4.69) is 300 Å². The van der Waals surface area contributed by atoms with Gasteiger partial charge in [-0.2, -0.15) is 0 Å². The third-order valence-electron chi connectivity index (χ3n) is 24.7. The number of carbonyl (C=O) groups is 3. The average molecular weight is 2650 g/mol. The molecule has 0 bridgehead atoms. The number of pyridine rings is 5. The third-order valence-corrected chi connectivity index (χ3v) is 25.8. The number of rotatable bonds is 33. The third kappa shape index (κ3) is 37.6. The van der Waals surface area contributed by atoms with Crippen LogP contribution in [0.15, 0.2) is 327 Å². The van der Waals surface area contributed by atoms with E-state index in [9.17, 15) is 14.4 Å². The number of ketones is 3. The molecule has 0 saturated heterocycles. The van der Waals surface area contributed by atoms with Gasteiger partial charge in [0.15, 0.2) is 17.3 Å². The van der Waals surface area contributed by atoms with Crippen molar-refractivity contribution in [2.45, 2.75) is 249 Å². The van der Waals surface area contributed by atoms with Crippen molar-refractivity contribution in [1.82, 2.24) is 24.9 Å². The first kappa shape index (κ1) is 122. The summed E-state index contributed by atoms with van der Waals surface area (Å²) in [6.45, 7) is 26.7. The molecule has 0 atom stereocenters. The number of hydrogen-bond donors (Lipinski definition) is 3. The molecule has 6 aromatic heterocycles. The summed E-state index contributed by atoms with van der Waals surface area (Å²) < 4.78 is 1.26. The van der Waals surface area contributed by atoms with Crippen LogP contribution in [0.3, 0.4) is 0 Å². The Balaban J connectivity index is 0.000000266. The Bertz CT molecular complexity index is 6340. The van der Waals surface area contributed by atoms with Crippen LogP contribution in [0.5, 0.6) is 0 Å². The second kappa shape index (κ2) is 64.9. The molecule has 144 heavy (non-hydrogen) atoms. The number of hydrogen-bond acceptors (Lipinski definition) is 12. The molecule has 0 amide bonds. The molecule has 3 N–H and O–H groups in total. The Morgan fingerprint density at radius 1 is 0.347 bits per heavy atom. The number of aliphatic hydroxyl groups is 3. The van der Waals surface area contributed by atoms with E-state index in [1.54, 1.807) is 22.5 Å². The molecule has 0 fully saturated rings. The van der Waals surface area contributed by atoms with Crippen molar-refractivity contribution >= 4 is 49.5 Å². The predicted molar refractivity (Wildman–Crippen MR) is 587 cm³/mol. The Hall–Kier alpha value is -10.8. The van der Waals surface area contributed by atoms with Gasteiger partial charge in [-0.25, -0.2) is 11.3 Å². The SMILES string of the molecule is CC(=O)C=C(C)O.CC(=O)C=C(C)O.CC(=O)C=C(C)O.CC(C)Cc1ccnc(-c2[c-]ccc(-c3ccccc3)c2)c1.CC(C)Cc1ccnc(-c2[c-]cccc2)c1.CCCCCCC1(CCCCCC)c2ccccc2-c2c[c-]c(-c3ccccn3)cc21.CCCCCCC1(CCCCCC)c2ccccc2-c2c[c-]c(-c3nccc4ccccc34)cc21.[Ir].[Ir].[Ir].[Ir].[c-]1c(-c2ccccn2)sc2ccccc12. The van der Waals surface area contributed by atoms with Gasteiger partial charge in [0.1, 0.15) is 0 Å². The first-order chi connectivity index (χ1) is 67.9. The Kier molecular flexibility index (Phi) is 54.9. The van der Waals surface area contributed by atoms with Gasteiger partial charge in [0.2, 0.25) is 0 Å². The normalized spacial score (nSPS) is 11.9. The molecule has 0 unspecified atom stereocenters. The van der Waals surface area contributed by atoms with E-state index in [0.717, 1.165) is 68.4 Å². The van der Waals surface area contributed by atoms with Crippen molar-refractivity contribution < 1.29 is 110 Å². The summed E-state index contributed by atoms with van der Waals surface area (Å²) in [6, 6.07) is 109. The summed E-state index contributed by atoms with van der Waals surface area (Å²) in [5.41, 5.74) is 26.5. The second-order valence-corrected chi connectivity index (χ2v) is 38.4. The van der Waals surface area contributed by atoms with Crippen molar-refractivity contribution in [3.05, 3.63) is 391 Å². The van der Waals surface area contributed by atoms with Gasteiger partial charge in [-0.1, -0.05) is 343 Å². The Morgan fingerprint density at radius 3 is 1.22 bits per heavy atom. The van der Waals surface area contributed by atoms with Gasteiger partial charge >= 0.3 is 0 Å². The maximum atomic E-state index is 10.0. The second-order valence-electron chi connectivity index (χ2n) is 37.3. The summed E-state index contributed by atoms with van der Waals surface area (Å²) in [4.78, 5) is 53.8. The molecule has 0 aliphatic heterocycles. The summed E-state index contributed by atoms with van der Waals surface area (Å²) in [7, 11) is 0. The summed E-state index contributed by atoms with van der Waals surface area (Å²) in [5, 5.41) is 28.7. The van der Waals surface area contributed by atoms with Crippen LogP contribution in [0.2, 0.25) is 0 Å². The molecular weight excluding hydrogens is 2500 g/mol. The first-order valence-electron chi connectivity index (χ1n) is 50.4. The van der Waals surface area contributed by atoms with Gasteiger partial charge in [0.25, 0.3) is 0 Å². The standard InChI is InChI=1S/C34H38N.C30H36N.C21H20N.C15H16N.C13H8NS.3C5H8O2.4Ir/c1-3-5-7-13-22-34(23-14-8-6-4-2)31-18-12-11-17-29(31)30-20-19-27(25-32(30)34)33-28-16-10-9-15-26(28)21-24-35-33;1-3-5-7-12-20-30(21-13-8-6-4-2)27-16-10-9-15-25(27)26-19-18-24(23-28(26)30)29-17-11-14-22-31-29;1-16(2)13-17-11-12-22-21(14-17)20-10-6-9-19(15-20)18-7-4-3-5-8-18;1-12(2)10-13-8-9-16-15(11-13)14-6-4-3-5-7-14;1-2-7-12-10(5-1)9-13(15-12)11-6-3-4-8-14-11;3*1-4(6)3-5(2)7;;;;/h9-12,15-18,20-21,24-25H,3-8,13-14,22-23H2,1-2H3;9-11,14-17,19,22-23H,3-8,12-13,20-21H2,1-2H3;3-9,11-12,14-16H,13H2,1-2H3;3-6,8-9,11-12H,10H2,1-2H3;1-8H;3*3,6H,1-2H3;;;;/q5*-1;;;;;;;. The van der Waals surface area contributed by atoms with E-state index >= 15 is 0 Å². The van der Waals surface area contributed by atoms with Crippen LogP contribution < -0.4 is 0 Å². The fraction of sp³-hybridized carbons (Fsp3) is 0.312. The van der Waals surface area contributed by atoms with Crippen LogP contribution in [-0.2, 0) is 118 Å². The molecule has 762 valence electrons. The maximum absolute atomic E-state index is 10.0. The van der Waals surface area contributed by atoms with Crippen molar-refractivity contribution in [3.63, 3.8) is 0 Å². The molecule has 16 heteroatoms. The van der Waals surface area contributed by atoms with E-state index in [1.807, 2.05) is 97.7 Å². The Morgan fingerprint density at radius 2 is 0.764 bits per heavy atom. The number of unbranched alkanes of at least 4 members (excludes halogenated alkanes) is 12. The minimum atomic E-state index is -0.125. The van der Waals surface area contributed by atoms with Crippen LogP contribution in [0.4, 0.5) is 0 Å². The van der Waals surface area contributed by atoms with Gasteiger partial charge in [0, 0.05) is 146 Å². The molecular formula is C128H142Ir4N5O6S-5. The van der Waals surface area contributed by atoms with Gasteiger partial charge < -0.3 is 40.2 Å². The van der Waals surface area contributed by atoms with Crippen molar-refractivity contribution in [1.29, 1.82) is 0 Å². The summed E-state index contributed by atoms with van der Waals surface area (Å²) in [6.07, 6.45) is 41.0. The summed E-state index contributed by atoms with van der Waals surface area (Å²) in [5.74, 6) is 1.14. The Labute approximate surface area is 917 Å². The summed E-state index contributed by atoms with van der Waals surface area (Å²) >= 11 is 1.73. The maximum Gasteiger partial charge on any atom is 0.155 e. The molecule has 0 saturated carbocycles. The van der Waals surface area contributed by atoms with Crippen LogP contribution in [0.25, 0.3) is 110 Å². The molecule has 15 aromatic rings. The molecule has 9 aromatic carbocycles.